The van der Waals surface area contributed by atoms with Crippen molar-refractivity contribution in [1.82, 2.24) is 10.2 Å². The first-order chi connectivity index (χ1) is 18.4. The first-order valence-electron chi connectivity index (χ1n) is 12.4. The topological polar surface area (TPSA) is 108 Å². The average Bonchev–Trinajstić information content (AvgIpc) is 2.87. The van der Waals surface area contributed by atoms with Crippen LogP contribution in [0.2, 0.25) is 5.02 Å². The molecule has 2 aromatic rings. The van der Waals surface area contributed by atoms with Crippen LogP contribution in [0.15, 0.2) is 42.5 Å². The zero-order valence-corrected chi connectivity index (χ0v) is 24.5. The summed E-state index contributed by atoms with van der Waals surface area (Å²) in [5.74, 6) is 2.01. The van der Waals surface area contributed by atoms with Crippen molar-refractivity contribution in [2.45, 2.75) is 51.8 Å². The van der Waals surface area contributed by atoms with Crippen molar-refractivity contribution in [3.63, 3.8) is 0 Å². The molecular formula is C29H36ClN3O5S. The smallest absolute Gasteiger partial charge is 0.408 e. The van der Waals surface area contributed by atoms with Crippen molar-refractivity contribution >= 4 is 47.0 Å². The van der Waals surface area contributed by atoms with Crippen LogP contribution in [0, 0.1) is 19.3 Å². The van der Waals surface area contributed by atoms with Crippen molar-refractivity contribution in [2.75, 3.05) is 30.5 Å². The SMILES string of the molecule is C#Cc1ccc(C(C(=O)Nc2c(C)cccc2Cl)N(CCO)C(=O)C(CCSC)NC(=O)OC(C)(C)C)cc1. The van der Waals surface area contributed by atoms with E-state index in [1.54, 1.807) is 70.2 Å². The fraction of sp³-hybridized carbons (Fsp3) is 0.414. The highest BCUT2D eigenvalue weighted by Crippen LogP contribution is 2.29. The molecule has 10 heteroatoms. The number of aryl methyl sites for hydroxylation is 1. The fourth-order valence-electron chi connectivity index (χ4n) is 3.83. The number of aliphatic hydroxyl groups excluding tert-OH is 1. The van der Waals surface area contributed by atoms with Gasteiger partial charge in [0.2, 0.25) is 5.91 Å². The molecule has 210 valence electrons. The summed E-state index contributed by atoms with van der Waals surface area (Å²) in [5.41, 5.74) is 1.46. The number of hydrogen-bond acceptors (Lipinski definition) is 6. The van der Waals surface area contributed by atoms with Gasteiger partial charge in [-0.05, 0) is 75.5 Å². The molecule has 8 nitrogen and oxygen atoms in total. The van der Waals surface area contributed by atoms with Crippen molar-refractivity contribution in [3.8, 4) is 12.3 Å². The predicted molar refractivity (Wildman–Crippen MR) is 157 cm³/mol. The fourth-order valence-corrected chi connectivity index (χ4v) is 4.57. The molecule has 0 radical (unpaired) electrons. The zero-order chi connectivity index (χ0) is 29.2. The molecule has 0 aliphatic carbocycles. The molecular weight excluding hydrogens is 538 g/mol. The summed E-state index contributed by atoms with van der Waals surface area (Å²) in [7, 11) is 0. The summed E-state index contributed by atoms with van der Waals surface area (Å²) in [6, 6.07) is 9.72. The maximum Gasteiger partial charge on any atom is 0.408 e. The highest BCUT2D eigenvalue weighted by Gasteiger charge is 2.36. The Kier molecular flexibility index (Phi) is 12.2. The van der Waals surface area contributed by atoms with E-state index in [4.69, 9.17) is 22.8 Å². The number of benzene rings is 2. The normalized spacial score (nSPS) is 12.6. The third-order valence-electron chi connectivity index (χ3n) is 5.65. The van der Waals surface area contributed by atoms with Gasteiger partial charge in [-0.15, -0.1) is 6.42 Å². The Morgan fingerprint density at radius 1 is 1.18 bits per heavy atom. The number of thioether (sulfide) groups is 1. The largest absolute Gasteiger partial charge is 0.444 e. The minimum absolute atomic E-state index is 0.166. The van der Waals surface area contributed by atoms with E-state index in [9.17, 15) is 19.5 Å². The Balaban J connectivity index is 2.54. The number of anilines is 1. The molecule has 3 N–H and O–H groups in total. The summed E-state index contributed by atoms with van der Waals surface area (Å²) in [6.07, 6.45) is 6.93. The Hall–Kier alpha value is -3.19. The van der Waals surface area contributed by atoms with Crippen LogP contribution in [0.5, 0.6) is 0 Å². The van der Waals surface area contributed by atoms with E-state index in [-0.39, 0.29) is 13.0 Å². The van der Waals surface area contributed by atoms with Crippen LogP contribution < -0.4 is 10.6 Å². The molecule has 0 heterocycles. The summed E-state index contributed by atoms with van der Waals surface area (Å²) >= 11 is 7.87. The molecule has 0 aliphatic heterocycles. The number of ether oxygens (including phenoxy) is 1. The van der Waals surface area contributed by atoms with E-state index in [0.717, 1.165) is 5.56 Å². The number of terminal acetylenes is 1. The molecule has 0 saturated carbocycles. The Bertz CT molecular complexity index is 1170. The maximum absolute atomic E-state index is 14.0. The number of carbonyl (C=O) groups is 3. The molecule has 0 aromatic heterocycles. The maximum atomic E-state index is 14.0. The molecule has 39 heavy (non-hydrogen) atoms. The Morgan fingerprint density at radius 2 is 1.85 bits per heavy atom. The van der Waals surface area contributed by atoms with Gasteiger partial charge in [0.05, 0.1) is 17.3 Å². The number of alkyl carbamates (subject to hydrolysis) is 1. The van der Waals surface area contributed by atoms with E-state index < -0.39 is 42.2 Å². The monoisotopic (exact) mass is 573 g/mol. The van der Waals surface area contributed by atoms with E-state index in [0.29, 0.717) is 27.6 Å². The molecule has 2 unspecified atom stereocenters. The predicted octanol–water partition coefficient (Wildman–Crippen LogP) is 4.78. The van der Waals surface area contributed by atoms with Crippen molar-refractivity contribution in [3.05, 3.63) is 64.2 Å². The average molecular weight is 574 g/mol. The van der Waals surface area contributed by atoms with E-state index in [2.05, 4.69) is 16.6 Å². The third-order valence-corrected chi connectivity index (χ3v) is 6.61. The standard InChI is InChI=1S/C29H36ClN3O5S/c1-7-20-11-13-21(14-12-20)25(26(35)32-24-19(2)9-8-10-22(24)30)33(16-17-34)27(36)23(15-18-39-6)31-28(37)38-29(3,4)5/h1,8-14,23,25,34H,15-18H2,2-6H3,(H,31,37)(H,32,35). The number of para-hydroxylation sites is 1. The number of nitrogens with zero attached hydrogens (tertiary/aromatic N) is 1. The molecule has 0 aliphatic rings. The molecule has 2 atom stereocenters. The molecule has 0 saturated heterocycles. The van der Waals surface area contributed by atoms with Crippen molar-refractivity contribution in [1.29, 1.82) is 0 Å². The second-order valence-corrected chi connectivity index (χ2v) is 11.2. The van der Waals surface area contributed by atoms with Gasteiger partial charge >= 0.3 is 6.09 Å². The molecule has 3 amide bonds. The molecule has 2 rings (SSSR count). The molecule has 0 bridgehead atoms. The van der Waals surface area contributed by atoms with Crippen LogP contribution >= 0.6 is 23.4 Å². The second kappa shape index (κ2) is 14.8. The van der Waals surface area contributed by atoms with Gasteiger partial charge in [0.25, 0.3) is 5.91 Å². The number of aliphatic hydroxyl groups is 1. The van der Waals surface area contributed by atoms with Gasteiger partial charge in [0.15, 0.2) is 0 Å². The zero-order valence-electron chi connectivity index (χ0n) is 22.9. The highest BCUT2D eigenvalue weighted by molar-refractivity contribution is 7.98. The second-order valence-electron chi connectivity index (χ2n) is 9.83. The minimum Gasteiger partial charge on any atom is -0.444 e. The van der Waals surface area contributed by atoms with Crippen LogP contribution in [-0.2, 0) is 14.3 Å². The van der Waals surface area contributed by atoms with Gasteiger partial charge in [-0.1, -0.05) is 41.8 Å². The van der Waals surface area contributed by atoms with E-state index in [1.165, 1.54) is 16.7 Å². The number of halogens is 1. The lowest BCUT2D eigenvalue weighted by Crippen LogP contribution is -2.53. The van der Waals surface area contributed by atoms with Crippen LogP contribution in [-0.4, -0.2) is 64.7 Å². The Morgan fingerprint density at radius 3 is 2.38 bits per heavy atom. The van der Waals surface area contributed by atoms with E-state index in [1.807, 2.05) is 6.26 Å². The van der Waals surface area contributed by atoms with Crippen LogP contribution in [0.3, 0.4) is 0 Å². The minimum atomic E-state index is -1.16. The Labute approximate surface area is 239 Å². The lowest BCUT2D eigenvalue weighted by atomic mass is 10.0. The lowest BCUT2D eigenvalue weighted by molar-refractivity contribution is -0.141. The summed E-state index contributed by atoms with van der Waals surface area (Å²) in [4.78, 5) is 41.7. The number of carbonyl (C=O) groups excluding carboxylic acids is 3. The molecule has 0 fully saturated rings. The number of amides is 3. The summed E-state index contributed by atoms with van der Waals surface area (Å²) in [5, 5.41) is 15.8. The van der Waals surface area contributed by atoms with Crippen LogP contribution in [0.1, 0.15) is 49.9 Å². The summed E-state index contributed by atoms with van der Waals surface area (Å²) in [6.45, 7) is 6.39. The molecule has 0 spiro atoms. The van der Waals surface area contributed by atoms with Gasteiger partial charge in [-0.2, -0.15) is 11.8 Å². The quantitative estimate of drug-likeness (QED) is 0.334. The number of hydrogen-bond donors (Lipinski definition) is 3. The van der Waals surface area contributed by atoms with Gasteiger partial charge in [0.1, 0.15) is 17.7 Å². The van der Waals surface area contributed by atoms with Gasteiger partial charge in [0, 0.05) is 12.1 Å². The van der Waals surface area contributed by atoms with Gasteiger partial charge < -0.3 is 25.4 Å². The summed E-state index contributed by atoms with van der Waals surface area (Å²) < 4.78 is 5.37. The van der Waals surface area contributed by atoms with Crippen molar-refractivity contribution in [2.24, 2.45) is 0 Å². The van der Waals surface area contributed by atoms with Crippen molar-refractivity contribution < 1.29 is 24.2 Å². The first-order valence-corrected chi connectivity index (χ1v) is 14.2. The number of nitrogens with one attached hydrogen (secondary N) is 2. The molecule has 2 aromatic carbocycles. The van der Waals surface area contributed by atoms with Gasteiger partial charge in [-0.25, -0.2) is 4.79 Å². The highest BCUT2D eigenvalue weighted by atomic mass is 35.5. The lowest BCUT2D eigenvalue weighted by Gasteiger charge is -2.34. The number of rotatable bonds is 11. The van der Waals surface area contributed by atoms with Gasteiger partial charge in [-0.3, -0.25) is 9.59 Å². The first kappa shape index (κ1) is 32.0. The third kappa shape index (κ3) is 9.50. The van der Waals surface area contributed by atoms with E-state index >= 15 is 0 Å². The van der Waals surface area contributed by atoms with Crippen LogP contribution in [0.25, 0.3) is 0 Å². The van der Waals surface area contributed by atoms with Crippen LogP contribution in [0.4, 0.5) is 10.5 Å².